The Morgan fingerprint density at radius 1 is 1.25 bits per heavy atom. The highest BCUT2D eigenvalue weighted by atomic mass is 32.2. The number of para-hydroxylation sites is 1. The summed E-state index contributed by atoms with van der Waals surface area (Å²) in [6, 6.07) is 9.81. The summed E-state index contributed by atoms with van der Waals surface area (Å²) < 4.78 is 32.1. The van der Waals surface area contributed by atoms with Crippen LogP contribution in [0, 0.1) is 0 Å². The Kier molecular flexibility index (Phi) is 4.70. The van der Waals surface area contributed by atoms with E-state index in [9.17, 15) is 8.42 Å². The van der Waals surface area contributed by atoms with Crippen molar-refractivity contribution >= 4 is 21.0 Å². The molecule has 0 aliphatic heterocycles. The third-order valence-corrected chi connectivity index (χ3v) is 4.27. The fourth-order valence-electron chi connectivity index (χ4n) is 2.52. The first-order valence-corrected chi connectivity index (χ1v) is 9.48. The van der Waals surface area contributed by atoms with Gasteiger partial charge in [-0.2, -0.15) is 5.10 Å². The molecule has 0 saturated heterocycles. The fraction of sp³-hybridized carbons (Fsp3) is 0.312. The topological polar surface area (TPSA) is 89.2 Å². The quantitative estimate of drug-likeness (QED) is 0.631. The SMILES string of the molecule is Cn1cc(CNCCNS(C)(=O)=O)c(-c2cc3ccccc3o2)n1. The number of benzene rings is 1. The second-order valence-corrected chi connectivity index (χ2v) is 7.50. The van der Waals surface area contributed by atoms with E-state index in [1.807, 2.05) is 43.6 Å². The minimum absolute atomic E-state index is 0.346. The van der Waals surface area contributed by atoms with E-state index in [4.69, 9.17) is 4.42 Å². The molecule has 3 aromatic rings. The van der Waals surface area contributed by atoms with Gasteiger partial charge in [0.2, 0.25) is 10.0 Å². The molecule has 0 atom stereocenters. The van der Waals surface area contributed by atoms with Crippen molar-refractivity contribution < 1.29 is 12.8 Å². The van der Waals surface area contributed by atoms with Gasteiger partial charge in [-0.15, -0.1) is 0 Å². The average molecular weight is 348 g/mol. The van der Waals surface area contributed by atoms with Crippen LogP contribution in [-0.4, -0.2) is 37.5 Å². The third-order valence-electron chi connectivity index (χ3n) is 3.54. The minimum Gasteiger partial charge on any atom is -0.454 e. The summed E-state index contributed by atoms with van der Waals surface area (Å²) in [6.45, 7) is 1.45. The number of rotatable bonds is 7. The number of aryl methyl sites for hydroxylation is 1. The van der Waals surface area contributed by atoms with E-state index in [1.54, 1.807) is 4.68 Å². The molecule has 3 rings (SSSR count). The lowest BCUT2D eigenvalue weighted by molar-refractivity contribution is 0.581. The van der Waals surface area contributed by atoms with Gasteiger partial charge in [0.1, 0.15) is 11.3 Å². The molecule has 2 heterocycles. The first-order chi connectivity index (χ1) is 11.4. The van der Waals surface area contributed by atoms with Crippen molar-refractivity contribution in [3.05, 3.63) is 42.1 Å². The zero-order valence-electron chi connectivity index (χ0n) is 13.6. The predicted octanol–water partition coefficient (Wildman–Crippen LogP) is 1.47. The standard InChI is InChI=1S/C16H20N4O3S/c1-20-11-13(10-17-7-8-18-24(2,21)22)16(19-20)15-9-12-5-3-4-6-14(12)23-15/h3-6,9,11,17-18H,7-8,10H2,1-2H3. The molecule has 128 valence electrons. The van der Waals surface area contributed by atoms with Crippen molar-refractivity contribution in [3.63, 3.8) is 0 Å². The van der Waals surface area contributed by atoms with Gasteiger partial charge in [-0.1, -0.05) is 18.2 Å². The zero-order valence-corrected chi connectivity index (χ0v) is 14.4. The number of aromatic nitrogens is 2. The molecule has 0 unspecified atom stereocenters. The highest BCUT2D eigenvalue weighted by Gasteiger charge is 2.14. The van der Waals surface area contributed by atoms with Crippen molar-refractivity contribution in [2.24, 2.45) is 7.05 Å². The van der Waals surface area contributed by atoms with Crippen LogP contribution in [0.15, 0.2) is 40.9 Å². The van der Waals surface area contributed by atoms with E-state index in [0.29, 0.717) is 19.6 Å². The van der Waals surface area contributed by atoms with Gasteiger partial charge in [-0.3, -0.25) is 4.68 Å². The molecule has 0 bridgehead atoms. The summed E-state index contributed by atoms with van der Waals surface area (Å²) in [5, 5.41) is 8.73. The van der Waals surface area contributed by atoms with Crippen LogP contribution in [0.3, 0.4) is 0 Å². The van der Waals surface area contributed by atoms with Crippen molar-refractivity contribution in [2.45, 2.75) is 6.54 Å². The third kappa shape index (κ3) is 4.02. The van der Waals surface area contributed by atoms with Crippen LogP contribution in [0.4, 0.5) is 0 Å². The Morgan fingerprint density at radius 2 is 2.04 bits per heavy atom. The number of nitrogens with one attached hydrogen (secondary N) is 2. The van der Waals surface area contributed by atoms with Gasteiger partial charge in [0, 0.05) is 43.8 Å². The summed E-state index contributed by atoms with van der Waals surface area (Å²) in [7, 11) is -1.29. The van der Waals surface area contributed by atoms with Crippen LogP contribution < -0.4 is 10.0 Å². The number of fused-ring (bicyclic) bond motifs is 1. The maximum absolute atomic E-state index is 11.0. The van der Waals surface area contributed by atoms with Crippen molar-refractivity contribution in [1.29, 1.82) is 0 Å². The molecular formula is C16H20N4O3S. The average Bonchev–Trinajstić information content (AvgIpc) is 3.08. The molecule has 2 aromatic heterocycles. The van der Waals surface area contributed by atoms with Gasteiger partial charge in [0.05, 0.1) is 6.26 Å². The summed E-state index contributed by atoms with van der Waals surface area (Å²) in [4.78, 5) is 0. The van der Waals surface area contributed by atoms with Gasteiger partial charge in [-0.05, 0) is 12.1 Å². The molecule has 1 aromatic carbocycles. The number of hydrogen-bond donors (Lipinski definition) is 2. The van der Waals surface area contributed by atoms with E-state index in [0.717, 1.165) is 34.2 Å². The molecule has 24 heavy (non-hydrogen) atoms. The van der Waals surface area contributed by atoms with Gasteiger partial charge in [-0.25, -0.2) is 13.1 Å². The lowest BCUT2D eigenvalue weighted by Crippen LogP contribution is -2.30. The summed E-state index contributed by atoms with van der Waals surface area (Å²) in [5.74, 6) is 0.725. The maximum Gasteiger partial charge on any atom is 0.208 e. The number of furan rings is 1. The Hall–Kier alpha value is -2.16. The molecule has 0 radical (unpaired) electrons. The summed E-state index contributed by atoms with van der Waals surface area (Å²) in [6.07, 6.45) is 3.08. The largest absolute Gasteiger partial charge is 0.454 e. The van der Waals surface area contributed by atoms with Crippen molar-refractivity contribution in [2.75, 3.05) is 19.3 Å². The van der Waals surface area contributed by atoms with Crippen LogP contribution in [-0.2, 0) is 23.6 Å². The lowest BCUT2D eigenvalue weighted by Gasteiger charge is -2.04. The Morgan fingerprint density at radius 3 is 2.79 bits per heavy atom. The van der Waals surface area contributed by atoms with E-state index in [1.165, 1.54) is 0 Å². The van der Waals surface area contributed by atoms with Crippen LogP contribution in [0.25, 0.3) is 22.4 Å². The van der Waals surface area contributed by atoms with Gasteiger partial charge < -0.3 is 9.73 Å². The normalized spacial score (nSPS) is 12.1. The van der Waals surface area contributed by atoms with Crippen molar-refractivity contribution in [1.82, 2.24) is 19.8 Å². The first kappa shape index (κ1) is 16.7. The molecule has 0 saturated carbocycles. The monoisotopic (exact) mass is 348 g/mol. The fourth-order valence-corrected chi connectivity index (χ4v) is 2.99. The van der Waals surface area contributed by atoms with Gasteiger partial charge >= 0.3 is 0 Å². The number of nitrogens with zero attached hydrogens (tertiary/aromatic N) is 2. The minimum atomic E-state index is -3.15. The lowest BCUT2D eigenvalue weighted by atomic mass is 10.2. The zero-order chi connectivity index (χ0) is 17.2. The predicted molar refractivity (Wildman–Crippen MR) is 93.0 cm³/mol. The van der Waals surface area contributed by atoms with E-state index in [2.05, 4.69) is 15.1 Å². The highest BCUT2D eigenvalue weighted by molar-refractivity contribution is 7.88. The van der Waals surface area contributed by atoms with Crippen LogP contribution in [0.1, 0.15) is 5.56 Å². The Bertz CT molecular complexity index is 910. The molecule has 0 aliphatic carbocycles. The maximum atomic E-state index is 11.0. The molecule has 2 N–H and O–H groups in total. The van der Waals surface area contributed by atoms with Crippen molar-refractivity contribution in [3.8, 4) is 11.5 Å². The Balaban J connectivity index is 1.71. The molecule has 0 spiro atoms. The smallest absolute Gasteiger partial charge is 0.208 e. The van der Waals surface area contributed by atoms with Crippen LogP contribution >= 0.6 is 0 Å². The molecule has 0 aliphatic rings. The Labute approximate surface area is 140 Å². The molecule has 0 amide bonds. The highest BCUT2D eigenvalue weighted by Crippen LogP contribution is 2.28. The molecule has 7 nitrogen and oxygen atoms in total. The summed E-state index contributed by atoms with van der Waals surface area (Å²) >= 11 is 0. The van der Waals surface area contributed by atoms with E-state index < -0.39 is 10.0 Å². The number of sulfonamides is 1. The molecule has 8 heteroatoms. The van der Waals surface area contributed by atoms with E-state index in [-0.39, 0.29) is 0 Å². The second kappa shape index (κ2) is 6.76. The van der Waals surface area contributed by atoms with Crippen LogP contribution in [0.5, 0.6) is 0 Å². The van der Waals surface area contributed by atoms with Gasteiger partial charge in [0.15, 0.2) is 5.76 Å². The van der Waals surface area contributed by atoms with E-state index >= 15 is 0 Å². The number of hydrogen-bond acceptors (Lipinski definition) is 5. The first-order valence-electron chi connectivity index (χ1n) is 7.59. The summed E-state index contributed by atoms with van der Waals surface area (Å²) in [5.41, 5.74) is 2.61. The van der Waals surface area contributed by atoms with Crippen LogP contribution in [0.2, 0.25) is 0 Å². The second-order valence-electron chi connectivity index (χ2n) is 5.67. The molecule has 0 fully saturated rings. The van der Waals surface area contributed by atoms with Gasteiger partial charge in [0.25, 0.3) is 0 Å². The molecular weight excluding hydrogens is 328 g/mol.